The van der Waals surface area contributed by atoms with Crippen LogP contribution in [0, 0.1) is 5.92 Å². The maximum absolute atomic E-state index is 12.0. The van der Waals surface area contributed by atoms with Crippen LogP contribution in [0.3, 0.4) is 0 Å². The van der Waals surface area contributed by atoms with Gasteiger partial charge in [0.25, 0.3) is 0 Å². The third-order valence-corrected chi connectivity index (χ3v) is 3.50. The van der Waals surface area contributed by atoms with Crippen molar-refractivity contribution < 1.29 is 14.3 Å². The number of carbonyl (C=O) groups excluding carboxylic acids is 1. The first-order chi connectivity index (χ1) is 10.6. The second kappa shape index (κ2) is 8.76. The molecule has 0 aromatic heterocycles. The molecule has 2 rings (SSSR count). The van der Waals surface area contributed by atoms with Gasteiger partial charge in [-0.3, -0.25) is 4.79 Å². The minimum atomic E-state index is -0.0424. The molecule has 1 unspecified atom stereocenters. The molecule has 0 aliphatic carbocycles. The van der Waals surface area contributed by atoms with E-state index in [0.29, 0.717) is 25.6 Å². The van der Waals surface area contributed by atoms with Gasteiger partial charge >= 0.3 is 0 Å². The van der Waals surface area contributed by atoms with Crippen molar-refractivity contribution in [3.05, 3.63) is 24.3 Å². The van der Waals surface area contributed by atoms with E-state index in [-0.39, 0.29) is 12.0 Å². The number of ether oxygens (including phenoxy) is 2. The summed E-state index contributed by atoms with van der Waals surface area (Å²) < 4.78 is 11.2. The van der Waals surface area contributed by atoms with E-state index in [1.165, 1.54) is 0 Å². The van der Waals surface area contributed by atoms with E-state index in [2.05, 4.69) is 24.5 Å². The van der Waals surface area contributed by atoms with Crippen LogP contribution in [0.2, 0.25) is 0 Å². The van der Waals surface area contributed by atoms with E-state index in [9.17, 15) is 4.79 Å². The summed E-state index contributed by atoms with van der Waals surface area (Å²) in [5.74, 6) is 1.37. The zero-order valence-corrected chi connectivity index (χ0v) is 13.4. The van der Waals surface area contributed by atoms with Crippen molar-refractivity contribution in [3.63, 3.8) is 0 Å². The van der Waals surface area contributed by atoms with Gasteiger partial charge in [0, 0.05) is 24.8 Å². The highest BCUT2D eigenvalue weighted by Crippen LogP contribution is 2.18. The average Bonchev–Trinajstić information content (AvgIpc) is 2.48. The Morgan fingerprint density at radius 3 is 3.09 bits per heavy atom. The molecule has 1 atom stereocenters. The molecular weight excluding hydrogens is 280 g/mol. The highest BCUT2D eigenvalue weighted by Gasteiger charge is 2.17. The molecule has 1 aromatic carbocycles. The summed E-state index contributed by atoms with van der Waals surface area (Å²) in [5, 5.41) is 6.12. The molecule has 0 radical (unpaired) electrons. The van der Waals surface area contributed by atoms with Crippen LogP contribution < -0.4 is 15.4 Å². The average molecular weight is 306 g/mol. The molecule has 1 aliphatic rings. The standard InChI is InChI=1S/C17H26N2O3/c1-13(2)6-8-21-15-5-3-4-14(10-15)19-17(20)11-16-12-18-7-9-22-16/h3-5,10,13,16,18H,6-9,11-12H2,1-2H3,(H,19,20). The number of anilines is 1. The molecule has 1 fully saturated rings. The molecule has 0 spiro atoms. The highest BCUT2D eigenvalue weighted by atomic mass is 16.5. The number of carbonyl (C=O) groups is 1. The third kappa shape index (κ3) is 6.03. The summed E-state index contributed by atoms with van der Waals surface area (Å²) in [6.07, 6.45) is 1.34. The number of morpholine rings is 1. The van der Waals surface area contributed by atoms with Crippen LogP contribution in [-0.2, 0) is 9.53 Å². The molecule has 1 aliphatic heterocycles. The van der Waals surface area contributed by atoms with Crippen LogP contribution in [0.25, 0.3) is 0 Å². The van der Waals surface area contributed by atoms with Gasteiger partial charge in [-0.25, -0.2) is 0 Å². The molecular formula is C17H26N2O3. The van der Waals surface area contributed by atoms with E-state index in [1.54, 1.807) is 0 Å². The Bertz CT molecular complexity index is 471. The fraction of sp³-hybridized carbons (Fsp3) is 0.588. The molecule has 1 aromatic rings. The number of benzene rings is 1. The number of hydrogen-bond acceptors (Lipinski definition) is 4. The van der Waals surface area contributed by atoms with Crippen LogP contribution in [0.15, 0.2) is 24.3 Å². The Balaban J connectivity index is 1.80. The van der Waals surface area contributed by atoms with Crippen LogP contribution in [-0.4, -0.2) is 38.3 Å². The molecule has 1 amide bonds. The lowest BCUT2D eigenvalue weighted by Gasteiger charge is -2.23. The Morgan fingerprint density at radius 1 is 1.50 bits per heavy atom. The van der Waals surface area contributed by atoms with Crippen molar-refractivity contribution in [1.82, 2.24) is 5.32 Å². The zero-order valence-electron chi connectivity index (χ0n) is 13.4. The zero-order chi connectivity index (χ0) is 15.8. The third-order valence-electron chi connectivity index (χ3n) is 3.50. The molecule has 1 saturated heterocycles. The molecule has 5 heteroatoms. The fourth-order valence-electron chi connectivity index (χ4n) is 2.25. The Morgan fingerprint density at radius 2 is 2.36 bits per heavy atom. The van der Waals surface area contributed by atoms with Gasteiger partial charge in [0.15, 0.2) is 0 Å². The summed E-state index contributed by atoms with van der Waals surface area (Å²) in [7, 11) is 0. The smallest absolute Gasteiger partial charge is 0.227 e. The van der Waals surface area contributed by atoms with Crippen molar-refractivity contribution >= 4 is 11.6 Å². The van der Waals surface area contributed by atoms with Gasteiger partial charge in [-0.1, -0.05) is 19.9 Å². The van der Waals surface area contributed by atoms with Crippen molar-refractivity contribution in [2.45, 2.75) is 32.8 Å². The van der Waals surface area contributed by atoms with Gasteiger partial charge in [0.2, 0.25) is 5.91 Å². The number of rotatable bonds is 7. The summed E-state index contributed by atoms with van der Waals surface area (Å²) in [5.41, 5.74) is 0.760. The summed E-state index contributed by atoms with van der Waals surface area (Å²) in [4.78, 5) is 12.0. The lowest BCUT2D eigenvalue weighted by molar-refractivity contribution is -0.119. The maximum atomic E-state index is 12.0. The molecule has 0 bridgehead atoms. The van der Waals surface area contributed by atoms with E-state index < -0.39 is 0 Å². The maximum Gasteiger partial charge on any atom is 0.227 e. The van der Waals surface area contributed by atoms with E-state index >= 15 is 0 Å². The predicted octanol–water partition coefficient (Wildman–Crippen LogP) is 2.43. The summed E-state index contributed by atoms with van der Waals surface area (Å²) >= 11 is 0. The Kier molecular flexibility index (Phi) is 6.68. The van der Waals surface area contributed by atoms with E-state index in [0.717, 1.165) is 30.9 Å². The highest BCUT2D eigenvalue weighted by molar-refractivity contribution is 5.91. The van der Waals surface area contributed by atoms with Crippen molar-refractivity contribution in [1.29, 1.82) is 0 Å². The first-order valence-corrected chi connectivity index (χ1v) is 7.98. The number of hydrogen-bond donors (Lipinski definition) is 2. The van der Waals surface area contributed by atoms with Gasteiger partial charge < -0.3 is 20.1 Å². The van der Waals surface area contributed by atoms with Crippen LogP contribution in [0.5, 0.6) is 5.75 Å². The summed E-state index contributed by atoms with van der Waals surface area (Å²) in [6, 6.07) is 7.52. The summed E-state index contributed by atoms with van der Waals surface area (Å²) in [6.45, 7) is 7.28. The minimum absolute atomic E-state index is 0.0342. The number of nitrogens with one attached hydrogen (secondary N) is 2. The molecule has 2 N–H and O–H groups in total. The normalized spacial score (nSPS) is 18.2. The van der Waals surface area contributed by atoms with Gasteiger partial charge in [-0.15, -0.1) is 0 Å². The fourth-order valence-corrected chi connectivity index (χ4v) is 2.25. The second-order valence-electron chi connectivity index (χ2n) is 6.01. The monoisotopic (exact) mass is 306 g/mol. The van der Waals surface area contributed by atoms with Crippen LogP contribution in [0.1, 0.15) is 26.7 Å². The van der Waals surface area contributed by atoms with Crippen molar-refractivity contribution in [3.8, 4) is 5.75 Å². The van der Waals surface area contributed by atoms with Gasteiger partial charge in [0.05, 0.1) is 25.7 Å². The molecule has 22 heavy (non-hydrogen) atoms. The van der Waals surface area contributed by atoms with E-state index in [4.69, 9.17) is 9.47 Å². The Labute approximate surface area is 132 Å². The largest absolute Gasteiger partial charge is 0.494 e. The lowest BCUT2D eigenvalue weighted by atomic mass is 10.1. The quantitative estimate of drug-likeness (QED) is 0.812. The molecule has 122 valence electrons. The SMILES string of the molecule is CC(C)CCOc1cccc(NC(=O)CC2CNCCO2)c1. The van der Waals surface area contributed by atoms with Gasteiger partial charge in [-0.2, -0.15) is 0 Å². The first kappa shape index (κ1) is 16.8. The second-order valence-corrected chi connectivity index (χ2v) is 6.01. The number of amides is 1. The Hall–Kier alpha value is -1.59. The molecule has 5 nitrogen and oxygen atoms in total. The molecule has 1 heterocycles. The lowest BCUT2D eigenvalue weighted by Crippen LogP contribution is -2.40. The van der Waals surface area contributed by atoms with Gasteiger partial charge in [0.1, 0.15) is 5.75 Å². The molecule has 0 saturated carbocycles. The van der Waals surface area contributed by atoms with Gasteiger partial charge in [-0.05, 0) is 24.5 Å². The predicted molar refractivity (Wildman–Crippen MR) is 87.2 cm³/mol. The first-order valence-electron chi connectivity index (χ1n) is 7.98. The van der Waals surface area contributed by atoms with Crippen LogP contribution >= 0.6 is 0 Å². The van der Waals surface area contributed by atoms with Crippen molar-refractivity contribution in [2.24, 2.45) is 5.92 Å². The topological polar surface area (TPSA) is 59.6 Å². The van der Waals surface area contributed by atoms with Crippen LogP contribution in [0.4, 0.5) is 5.69 Å². The minimum Gasteiger partial charge on any atom is -0.494 e. The van der Waals surface area contributed by atoms with Crippen molar-refractivity contribution in [2.75, 3.05) is 31.6 Å². The van der Waals surface area contributed by atoms with E-state index in [1.807, 2.05) is 24.3 Å².